The van der Waals surface area contributed by atoms with Crippen molar-refractivity contribution < 1.29 is 9.72 Å². The van der Waals surface area contributed by atoms with E-state index in [-0.39, 0.29) is 27.7 Å². The molecule has 0 aliphatic heterocycles. The Hall–Kier alpha value is -1.62. The van der Waals surface area contributed by atoms with Crippen molar-refractivity contribution in [1.82, 2.24) is 5.32 Å². The zero-order valence-electron chi connectivity index (χ0n) is 11.3. The second-order valence-corrected chi connectivity index (χ2v) is 5.90. The van der Waals surface area contributed by atoms with Gasteiger partial charge in [0.25, 0.3) is 11.6 Å². The minimum atomic E-state index is -0.532. The van der Waals surface area contributed by atoms with Gasteiger partial charge in [-0.25, -0.2) is 0 Å². The summed E-state index contributed by atoms with van der Waals surface area (Å²) in [5.74, 6) is -0.344. The highest BCUT2D eigenvalue weighted by Crippen LogP contribution is 2.29. The van der Waals surface area contributed by atoms with Gasteiger partial charge in [0, 0.05) is 17.7 Å². The van der Waals surface area contributed by atoms with E-state index in [2.05, 4.69) is 5.32 Å². The lowest BCUT2D eigenvalue weighted by Gasteiger charge is -2.34. The fraction of sp³-hybridized carbons (Fsp3) is 0.500. The predicted octanol–water partition coefficient (Wildman–Crippen LogP) is 3.70. The third kappa shape index (κ3) is 3.28. The summed E-state index contributed by atoms with van der Waals surface area (Å²) in [5.41, 5.74) is -0.218. The average molecular weight is 297 g/mol. The van der Waals surface area contributed by atoms with Gasteiger partial charge >= 0.3 is 0 Å². The predicted molar refractivity (Wildman–Crippen MR) is 77.1 cm³/mol. The highest BCUT2D eigenvalue weighted by molar-refractivity contribution is 6.34. The number of amides is 1. The van der Waals surface area contributed by atoms with Gasteiger partial charge in [0.2, 0.25) is 0 Å². The first-order valence-corrected chi connectivity index (χ1v) is 7.05. The third-order valence-corrected chi connectivity index (χ3v) is 4.11. The molecule has 0 atom stereocenters. The van der Waals surface area contributed by atoms with Crippen molar-refractivity contribution in [3.05, 3.63) is 38.9 Å². The maximum Gasteiger partial charge on any atom is 0.270 e. The number of rotatable bonds is 3. The van der Waals surface area contributed by atoms with Gasteiger partial charge in [0.05, 0.1) is 15.5 Å². The normalized spacial score (nSPS) is 17.5. The van der Waals surface area contributed by atoms with Crippen molar-refractivity contribution >= 4 is 23.2 Å². The first-order chi connectivity index (χ1) is 9.41. The monoisotopic (exact) mass is 296 g/mol. The molecule has 1 aliphatic rings. The zero-order chi connectivity index (χ0) is 14.8. The minimum Gasteiger partial charge on any atom is -0.347 e. The molecular formula is C14H17ClN2O3. The number of nitrogens with one attached hydrogen (secondary N) is 1. The molecular weight excluding hydrogens is 280 g/mol. The summed E-state index contributed by atoms with van der Waals surface area (Å²) in [6.07, 6.45) is 5.19. The van der Waals surface area contributed by atoms with Gasteiger partial charge in [-0.1, -0.05) is 30.9 Å². The summed E-state index contributed by atoms with van der Waals surface area (Å²) in [7, 11) is 0. The van der Waals surface area contributed by atoms with Crippen LogP contribution in [0.25, 0.3) is 0 Å². The Morgan fingerprint density at radius 2 is 2.00 bits per heavy atom. The first-order valence-electron chi connectivity index (χ1n) is 6.68. The molecule has 1 aromatic rings. The third-order valence-electron chi connectivity index (χ3n) is 3.78. The Bertz CT molecular complexity index is 539. The molecule has 20 heavy (non-hydrogen) atoms. The summed E-state index contributed by atoms with van der Waals surface area (Å²) in [5, 5.41) is 14.0. The molecule has 0 bridgehead atoms. The van der Waals surface area contributed by atoms with E-state index >= 15 is 0 Å². The molecule has 5 nitrogen and oxygen atoms in total. The molecule has 1 amide bonds. The summed E-state index contributed by atoms with van der Waals surface area (Å²) in [6.45, 7) is 2.01. The van der Waals surface area contributed by atoms with Crippen molar-refractivity contribution in [2.24, 2.45) is 0 Å². The van der Waals surface area contributed by atoms with Gasteiger partial charge in [0.15, 0.2) is 0 Å². The van der Waals surface area contributed by atoms with E-state index in [0.29, 0.717) is 0 Å². The van der Waals surface area contributed by atoms with E-state index in [1.807, 2.05) is 6.92 Å². The van der Waals surface area contributed by atoms with Crippen molar-refractivity contribution in [3.8, 4) is 0 Å². The van der Waals surface area contributed by atoms with Crippen LogP contribution in [-0.2, 0) is 0 Å². The standard InChI is InChI=1S/C14H17ClN2O3/c1-14(7-3-2-4-8-14)16-13(18)11-9-10(17(19)20)5-6-12(11)15/h5-6,9H,2-4,7-8H2,1H3,(H,16,18). The first kappa shape index (κ1) is 14.8. The number of hydrogen-bond donors (Lipinski definition) is 1. The molecule has 0 unspecified atom stereocenters. The van der Waals surface area contributed by atoms with E-state index < -0.39 is 4.92 Å². The molecule has 108 valence electrons. The van der Waals surface area contributed by atoms with E-state index in [4.69, 9.17) is 11.6 Å². The Morgan fingerprint density at radius 3 is 2.60 bits per heavy atom. The van der Waals surface area contributed by atoms with Crippen molar-refractivity contribution in [3.63, 3.8) is 0 Å². The molecule has 1 fully saturated rings. The lowest BCUT2D eigenvalue weighted by atomic mass is 9.83. The fourth-order valence-electron chi connectivity index (χ4n) is 2.60. The van der Waals surface area contributed by atoms with Gasteiger partial charge in [-0.2, -0.15) is 0 Å². The summed E-state index contributed by atoms with van der Waals surface area (Å²) < 4.78 is 0. The van der Waals surface area contributed by atoms with Gasteiger partial charge in [-0.3, -0.25) is 14.9 Å². The largest absolute Gasteiger partial charge is 0.347 e. The molecule has 2 rings (SSSR count). The molecule has 1 aliphatic carbocycles. The number of nitro groups is 1. The van der Waals surface area contributed by atoms with E-state index in [1.54, 1.807) is 0 Å². The van der Waals surface area contributed by atoms with E-state index in [1.165, 1.54) is 24.6 Å². The zero-order valence-corrected chi connectivity index (χ0v) is 12.1. The number of carbonyl (C=O) groups is 1. The SMILES string of the molecule is CC1(NC(=O)c2cc([N+](=O)[O-])ccc2Cl)CCCCC1. The number of nitrogens with zero attached hydrogens (tertiary/aromatic N) is 1. The molecule has 0 spiro atoms. The smallest absolute Gasteiger partial charge is 0.270 e. The lowest BCUT2D eigenvalue weighted by molar-refractivity contribution is -0.384. The second-order valence-electron chi connectivity index (χ2n) is 5.50. The van der Waals surface area contributed by atoms with Crippen LogP contribution >= 0.6 is 11.6 Å². The quantitative estimate of drug-likeness (QED) is 0.683. The van der Waals surface area contributed by atoms with Crippen molar-refractivity contribution in [1.29, 1.82) is 0 Å². The van der Waals surface area contributed by atoms with Crippen LogP contribution in [0, 0.1) is 10.1 Å². The average Bonchev–Trinajstić information content (AvgIpc) is 2.39. The van der Waals surface area contributed by atoms with Gasteiger partial charge in [-0.15, -0.1) is 0 Å². The molecule has 1 N–H and O–H groups in total. The van der Waals surface area contributed by atoms with Gasteiger partial charge in [0.1, 0.15) is 0 Å². The lowest BCUT2D eigenvalue weighted by Crippen LogP contribution is -2.47. The molecule has 0 radical (unpaired) electrons. The maximum absolute atomic E-state index is 12.3. The van der Waals surface area contributed by atoms with E-state index in [0.717, 1.165) is 25.7 Å². The maximum atomic E-state index is 12.3. The van der Waals surface area contributed by atoms with Crippen molar-refractivity contribution in [2.75, 3.05) is 0 Å². The minimum absolute atomic E-state index is 0.131. The summed E-state index contributed by atoms with van der Waals surface area (Å²) in [6, 6.07) is 3.91. The summed E-state index contributed by atoms with van der Waals surface area (Å²) >= 11 is 5.98. The van der Waals surface area contributed by atoms with Crippen LogP contribution in [0.3, 0.4) is 0 Å². The molecule has 0 saturated heterocycles. The van der Waals surface area contributed by atoms with E-state index in [9.17, 15) is 14.9 Å². The number of carbonyl (C=O) groups excluding carboxylic acids is 1. The van der Waals surface area contributed by atoms with Crippen molar-refractivity contribution in [2.45, 2.75) is 44.6 Å². The van der Waals surface area contributed by atoms with Crippen LogP contribution in [0.2, 0.25) is 5.02 Å². The molecule has 6 heteroatoms. The number of benzene rings is 1. The number of nitro benzene ring substituents is 1. The molecule has 1 aromatic carbocycles. The Balaban J connectivity index is 2.20. The topological polar surface area (TPSA) is 72.2 Å². The Labute approximate surface area is 122 Å². The van der Waals surface area contributed by atoms with Gasteiger partial charge in [-0.05, 0) is 25.8 Å². The Morgan fingerprint density at radius 1 is 1.35 bits per heavy atom. The summed E-state index contributed by atoms with van der Waals surface area (Å²) in [4.78, 5) is 22.5. The molecule has 0 aromatic heterocycles. The highest BCUT2D eigenvalue weighted by Gasteiger charge is 2.29. The number of halogens is 1. The Kier molecular flexibility index (Phi) is 4.28. The van der Waals surface area contributed by atoms with Gasteiger partial charge < -0.3 is 5.32 Å². The number of hydrogen-bond acceptors (Lipinski definition) is 3. The van der Waals surface area contributed by atoms with Crippen LogP contribution in [0.1, 0.15) is 49.4 Å². The number of non-ortho nitro benzene ring substituents is 1. The second kappa shape index (κ2) is 5.79. The molecule has 0 heterocycles. The van der Waals surface area contributed by atoms with Crippen LogP contribution in [0.5, 0.6) is 0 Å². The van der Waals surface area contributed by atoms with Crippen LogP contribution in [0.15, 0.2) is 18.2 Å². The molecule has 1 saturated carbocycles. The van der Waals surface area contributed by atoms with Crippen LogP contribution < -0.4 is 5.32 Å². The van der Waals surface area contributed by atoms with Crippen LogP contribution in [-0.4, -0.2) is 16.4 Å². The fourth-order valence-corrected chi connectivity index (χ4v) is 2.80. The van der Waals surface area contributed by atoms with Crippen LogP contribution in [0.4, 0.5) is 5.69 Å². The highest BCUT2D eigenvalue weighted by atomic mass is 35.5.